The first kappa shape index (κ1) is 14.1. The summed E-state index contributed by atoms with van der Waals surface area (Å²) in [6, 6.07) is 13.3. The van der Waals surface area contributed by atoms with Gasteiger partial charge in [-0.1, -0.05) is 30.3 Å². The second kappa shape index (κ2) is 5.50. The van der Waals surface area contributed by atoms with E-state index < -0.39 is 10.0 Å². The Labute approximate surface area is 125 Å². The number of benzene rings is 1. The van der Waals surface area contributed by atoms with Crippen LogP contribution in [0.15, 0.2) is 54.1 Å². The minimum atomic E-state index is -3.41. The quantitative estimate of drug-likeness (QED) is 0.875. The van der Waals surface area contributed by atoms with Crippen LogP contribution >= 0.6 is 0 Å². The molecule has 1 aliphatic heterocycles. The van der Waals surface area contributed by atoms with E-state index in [-0.39, 0.29) is 6.04 Å². The Morgan fingerprint density at radius 3 is 2.62 bits per heavy atom. The topological polar surface area (TPSA) is 42.3 Å². The summed E-state index contributed by atoms with van der Waals surface area (Å²) in [7, 11) is -3.41. The first-order valence-corrected chi connectivity index (χ1v) is 8.48. The maximum Gasteiger partial charge on any atom is 0.236 e. The summed E-state index contributed by atoms with van der Waals surface area (Å²) in [5.74, 6) is 0. The van der Waals surface area contributed by atoms with Gasteiger partial charge in [-0.2, -0.15) is 4.31 Å². The van der Waals surface area contributed by atoms with Gasteiger partial charge in [0, 0.05) is 30.4 Å². The molecular weight excluding hydrogens is 284 g/mol. The SMILES string of the molecule is CC1c2cccn2CCN1S(=O)(=O)/C=C/c1ccccc1. The second-order valence-electron chi connectivity index (χ2n) is 5.17. The van der Waals surface area contributed by atoms with E-state index in [4.69, 9.17) is 0 Å². The highest BCUT2D eigenvalue weighted by Crippen LogP contribution is 2.28. The molecule has 3 rings (SSSR count). The van der Waals surface area contributed by atoms with Crippen LogP contribution in [0.2, 0.25) is 0 Å². The Morgan fingerprint density at radius 1 is 1.10 bits per heavy atom. The molecule has 0 amide bonds. The molecule has 5 heteroatoms. The first-order chi connectivity index (χ1) is 10.1. The number of aromatic nitrogens is 1. The minimum absolute atomic E-state index is 0.140. The average molecular weight is 302 g/mol. The second-order valence-corrected chi connectivity index (χ2v) is 6.94. The molecule has 0 saturated carbocycles. The van der Waals surface area contributed by atoms with Crippen LogP contribution in [0.4, 0.5) is 0 Å². The predicted molar refractivity (Wildman–Crippen MR) is 83.9 cm³/mol. The molecule has 1 aromatic heterocycles. The first-order valence-electron chi connectivity index (χ1n) is 6.98. The Morgan fingerprint density at radius 2 is 1.86 bits per heavy atom. The van der Waals surface area contributed by atoms with E-state index in [2.05, 4.69) is 4.57 Å². The average Bonchev–Trinajstić information content (AvgIpc) is 2.96. The van der Waals surface area contributed by atoms with Gasteiger partial charge in [0.25, 0.3) is 0 Å². The minimum Gasteiger partial charge on any atom is -0.349 e. The molecule has 1 aliphatic rings. The molecule has 0 N–H and O–H groups in total. The van der Waals surface area contributed by atoms with Gasteiger partial charge in [0.1, 0.15) is 0 Å². The highest BCUT2D eigenvalue weighted by atomic mass is 32.2. The van der Waals surface area contributed by atoms with E-state index in [1.807, 2.05) is 55.6 Å². The van der Waals surface area contributed by atoms with Gasteiger partial charge in [0.15, 0.2) is 0 Å². The summed E-state index contributed by atoms with van der Waals surface area (Å²) < 4.78 is 28.7. The molecule has 1 atom stereocenters. The van der Waals surface area contributed by atoms with E-state index in [1.165, 1.54) is 5.41 Å². The van der Waals surface area contributed by atoms with Gasteiger partial charge in [-0.15, -0.1) is 0 Å². The lowest BCUT2D eigenvalue weighted by atomic mass is 10.2. The normalized spacial score (nSPS) is 19.8. The Balaban J connectivity index is 1.85. The number of hydrogen-bond donors (Lipinski definition) is 0. The van der Waals surface area contributed by atoms with Gasteiger partial charge in [-0.05, 0) is 30.7 Å². The van der Waals surface area contributed by atoms with E-state index in [1.54, 1.807) is 10.4 Å². The fourth-order valence-corrected chi connectivity index (χ4v) is 4.08. The summed E-state index contributed by atoms with van der Waals surface area (Å²) in [5.41, 5.74) is 1.92. The number of fused-ring (bicyclic) bond motifs is 1. The predicted octanol–water partition coefficient (Wildman–Crippen LogP) is 2.87. The molecular formula is C16H18N2O2S. The summed E-state index contributed by atoms with van der Waals surface area (Å²) in [5, 5.41) is 1.30. The molecule has 21 heavy (non-hydrogen) atoms. The monoisotopic (exact) mass is 302 g/mol. The summed E-state index contributed by atoms with van der Waals surface area (Å²) in [4.78, 5) is 0. The van der Waals surface area contributed by atoms with Crippen molar-refractivity contribution in [1.82, 2.24) is 8.87 Å². The zero-order valence-electron chi connectivity index (χ0n) is 11.9. The molecule has 1 unspecified atom stereocenters. The lowest BCUT2D eigenvalue weighted by Gasteiger charge is -2.32. The van der Waals surface area contributed by atoms with Crippen LogP contribution in [0.5, 0.6) is 0 Å². The third-order valence-corrected chi connectivity index (χ3v) is 5.48. The summed E-state index contributed by atoms with van der Waals surface area (Å²) in [6.45, 7) is 3.13. The highest BCUT2D eigenvalue weighted by molar-refractivity contribution is 7.92. The van der Waals surface area contributed by atoms with Crippen molar-refractivity contribution < 1.29 is 8.42 Å². The molecule has 0 spiro atoms. The fraction of sp³-hybridized carbons (Fsp3) is 0.250. The van der Waals surface area contributed by atoms with Crippen LogP contribution in [0.25, 0.3) is 6.08 Å². The van der Waals surface area contributed by atoms with Crippen molar-refractivity contribution in [1.29, 1.82) is 0 Å². The maximum absolute atomic E-state index is 12.5. The van der Waals surface area contributed by atoms with E-state index in [0.29, 0.717) is 13.1 Å². The van der Waals surface area contributed by atoms with Crippen molar-refractivity contribution in [3.05, 3.63) is 65.3 Å². The zero-order chi connectivity index (χ0) is 14.9. The Bertz CT molecular complexity index is 748. The zero-order valence-corrected chi connectivity index (χ0v) is 12.7. The number of nitrogens with zero attached hydrogens (tertiary/aromatic N) is 2. The van der Waals surface area contributed by atoms with Crippen LogP contribution in [0, 0.1) is 0 Å². The fourth-order valence-electron chi connectivity index (χ4n) is 2.71. The molecule has 110 valence electrons. The van der Waals surface area contributed by atoms with Gasteiger partial charge in [-0.3, -0.25) is 0 Å². The smallest absolute Gasteiger partial charge is 0.236 e. The van der Waals surface area contributed by atoms with Crippen LogP contribution in [-0.4, -0.2) is 23.8 Å². The largest absolute Gasteiger partial charge is 0.349 e. The van der Waals surface area contributed by atoms with Crippen molar-refractivity contribution >= 4 is 16.1 Å². The highest BCUT2D eigenvalue weighted by Gasteiger charge is 2.30. The van der Waals surface area contributed by atoms with Gasteiger partial charge < -0.3 is 4.57 Å². The molecule has 0 bridgehead atoms. The maximum atomic E-state index is 12.5. The molecule has 1 aromatic carbocycles. The van der Waals surface area contributed by atoms with Crippen LogP contribution in [0.3, 0.4) is 0 Å². The van der Waals surface area contributed by atoms with E-state index >= 15 is 0 Å². The van der Waals surface area contributed by atoms with Crippen molar-refractivity contribution in [2.45, 2.75) is 19.5 Å². The van der Waals surface area contributed by atoms with E-state index in [9.17, 15) is 8.42 Å². The van der Waals surface area contributed by atoms with Gasteiger partial charge in [-0.25, -0.2) is 8.42 Å². The van der Waals surface area contributed by atoms with Gasteiger partial charge in [0.05, 0.1) is 6.04 Å². The van der Waals surface area contributed by atoms with Crippen molar-refractivity contribution in [3.8, 4) is 0 Å². The Kier molecular flexibility index (Phi) is 3.69. The van der Waals surface area contributed by atoms with Crippen molar-refractivity contribution in [3.63, 3.8) is 0 Å². The number of hydrogen-bond acceptors (Lipinski definition) is 2. The standard InChI is InChI=1S/C16H18N2O2S/c1-14-16-8-5-10-17(16)11-12-18(14)21(19,20)13-9-15-6-3-2-4-7-15/h2-10,13-14H,11-12H2,1H3/b13-9+. The molecule has 0 fully saturated rings. The molecule has 0 saturated heterocycles. The van der Waals surface area contributed by atoms with Gasteiger partial charge in [0.2, 0.25) is 10.0 Å². The number of rotatable bonds is 3. The molecule has 2 heterocycles. The number of sulfonamides is 1. The third kappa shape index (κ3) is 2.80. The molecule has 0 aliphatic carbocycles. The Hall–Kier alpha value is -1.85. The lowest BCUT2D eigenvalue weighted by molar-refractivity contribution is 0.285. The van der Waals surface area contributed by atoms with Crippen LogP contribution < -0.4 is 0 Å². The van der Waals surface area contributed by atoms with Crippen LogP contribution in [0.1, 0.15) is 24.2 Å². The van der Waals surface area contributed by atoms with Crippen molar-refractivity contribution in [2.75, 3.05) is 6.54 Å². The lowest BCUT2D eigenvalue weighted by Crippen LogP contribution is -2.39. The summed E-state index contributed by atoms with van der Waals surface area (Å²) >= 11 is 0. The van der Waals surface area contributed by atoms with E-state index in [0.717, 1.165) is 11.3 Å². The third-order valence-electron chi connectivity index (χ3n) is 3.84. The summed E-state index contributed by atoms with van der Waals surface area (Å²) in [6.07, 6.45) is 3.64. The van der Waals surface area contributed by atoms with Crippen LogP contribution in [-0.2, 0) is 16.6 Å². The molecule has 4 nitrogen and oxygen atoms in total. The molecule has 0 radical (unpaired) electrons. The van der Waals surface area contributed by atoms with Gasteiger partial charge >= 0.3 is 0 Å². The van der Waals surface area contributed by atoms with Crippen molar-refractivity contribution in [2.24, 2.45) is 0 Å². The molecule has 2 aromatic rings.